The number of hydrazine groups is 1. The summed E-state index contributed by atoms with van der Waals surface area (Å²) in [5.41, 5.74) is 3.64. The minimum absolute atomic E-state index is 0.693. The summed E-state index contributed by atoms with van der Waals surface area (Å²) >= 11 is 0. The zero-order valence-corrected chi connectivity index (χ0v) is 12.1. The van der Waals surface area contributed by atoms with Gasteiger partial charge in [0, 0.05) is 25.2 Å². The summed E-state index contributed by atoms with van der Waals surface area (Å²) in [5.74, 6) is 7.03. The van der Waals surface area contributed by atoms with Crippen molar-refractivity contribution in [3.05, 3.63) is 11.9 Å². The van der Waals surface area contributed by atoms with E-state index in [1.165, 1.54) is 6.33 Å². The molecule has 20 heavy (non-hydrogen) atoms. The van der Waals surface area contributed by atoms with Crippen LogP contribution in [0.15, 0.2) is 6.33 Å². The van der Waals surface area contributed by atoms with Crippen LogP contribution in [0.5, 0.6) is 0 Å². The van der Waals surface area contributed by atoms with Crippen LogP contribution >= 0.6 is 0 Å². The Balaban J connectivity index is 1.78. The Morgan fingerprint density at radius 1 is 1.30 bits per heavy atom. The van der Waals surface area contributed by atoms with Crippen molar-refractivity contribution in [2.24, 2.45) is 5.84 Å². The maximum absolute atomic E-state index is 5.46. The summed E-state index contributed by atoms with van der Waals surface area (Å²) in [6.45, 7) is 7.83. The molecule has 1 aliphatic rings. The fourth-order valence-electron chi connectivity index (χ4n) is 2.36. The van der Waals surface area contributed by atoms with Gasteiger partial charge in [0.25, 0.3) is 0 Å². The summed E-state index contributed by atoms with van der Waals surface area (Å²) in [5, 5.41) is 3.37. The van der Waals surface area contributed by atoms with E-state index in [9.17, 15) is 0 Å². The largest absolute Gasteiger partial charge is 0.379 e. The van der Waals surface area contributed by atoms with E-state index in [0.717, 1.165) is 63.6 Å². The van der Waals surface area contributed by atoms with E-state index in [0.29, 0.717) is 5.82 Å². The quantitative estimate of drug-likeness (QED) is 0.380. The molecule has 0 spiro atoms. The Hall–Kier alpha value is -1.44. The first-order valence-corrected chi connectivity index (χ1v) is 7.19. The van der Waals surface area contributed by atoms with Crippen LogP contribution in [0, 0.1) is 0 Å². The fraction of sp³-hybridized carbons (Fsp3) is 0.692. The van der Waals surface area contributed by atoms with E-state index in [1.807, 2.05) is 0 Å². The third-order valence-corrected chi connectivity index (χ3v) is 3.48. The van der Waals surface area contributed by atoms with Crippen LogP contribution in [0.3, 0.4) is 0 Å². The van der Waals surface area contributed by atoms with E-state index in [2.05, 4.69) is 32.5 Å². The smallest absolute Gasteiger partial charge is 0.148 e. The number of nitrogens with one attached hydrogen (secondary N) is 2. The molecule has 1 aromatic rings. The average Bonchev–Trinajstić information content (AvgIpc) is 2.52. The SMILES string of the molecule is CCc1c(NN)ncnc1NCCCN1CCOCC1. The zero-order chi connectivity index (χ0) is 14.2. The number of morpholine rings is 1. The number of nitrogens with two attached hydrogens (primary N) is 1. The molecule has 0 unspecified atom stereocenters. The normalized spacial score (nSPS) is 16.1. The van der Waals surface area contributed by atoms with Gasteiger partial charge < -0.3 is 15.5 Å². The molecule has 1 fully saturated rings. The second-order valence-electron chi connectivity index (χ2n) is 4.78. The van der Waals surface area contributed by atoms with Gasteiger partial charge in [-0.25, -0.2) is 15.8 Å². The summed E-state index contributed by atoms with van der Waals surface area (Å²) in [6, 6.07) is 0. The molecule has 112 valence electrons. The molecule has 1 aromatic heterocycles. The van der Waals surface area contributed by atoms with Crippen molar-refractivity contribution >= 4 is 11.6 Å². The Morgan fingerprint density at radius 3 is 2.75 bits per heavy atom. The van der Waals surface area contributed by atoms with Gasteiger partial charge in [0.2, 0.25) is 0 Å². The average molecular weight is 280 g/mol. The molecule has 0 aromatic carbocycles. The molecular weight excluding hydrogens is 256 g/mol. The topological polar surface area (TPSA) is 88.3 Å². The molecule has 0 aliphatic carbocycles. The van der Waals surface area contributed by atoms with Gasteiger partial charge in [-0.3, -0.25) is 4.90 Å². The van der Waals surface area contributed by atoms with Crippen LogP contribution in [-0.4, -0.2) is 54.3 Å². The Labute approximate surface area is 119 Å². The van der Waals surface area contributed by atoms with Crippen molar-refractivity contribution in [3.8, 4) is 0 Å². The highest BCUT2D eigenvalue weighted by Gasteiger charge is 2.10. The van der Waals surface area contributed by atoms with Crippen LogP contribution in [-0.2, 0) is 11.2 Å². The minimum atomic E-state index is 0.693. The first kappa shape index (κ1) is 15.0. The molecule has 0 radical (unpaired) electrons. The third kappa shape index (κ3) is 4.03. The number of nitrogen functional groups attached to an aromatic ring is 1. The lowest BCUT2D eigenvalue weighted by molar-refractivity contribution is 0.0378. The number of rotatable bonds is 7. The Bertz CT molecular complexity index is 408. The van der Waals surface area contributed by atoms with Gasteiger partial charge in [-0.1, -0.05) is 6.92 Å². The molecule has 1 aliphatic heterocycles. The highest BCUT2D eigenvalue weighted by molar-refractivity contribution is 5.56. The van der Waals surface area contributed by atoms with E-state index in [-0.39, 0.29) is 0 Å². The summed E-state index contributed by atoms with van der Waals surface area (Å²) in [6.07, 6.45) is 3.45. The van der Waals surface area contributed by atoms with Gasteiger partial charge in [-0.05, 0) is 19.4 Å². The van der Waals surface area contributed by atoms with Crippen molar-refractivity contribution in [1.29, 1.82) is 0 Å². The monoisotopic (exact) mass is 280 g/mol. The third-order valence-electron chi connectivity index (χ3n) is 3.48. The van der Waals surface area contributed by atoms with Gasteiger partial charge in [0.1, 0.15) is 18.0 Å². The van der Waals surface area contributed by atoms with Crippen molar-refractivity contribution in [1.82, 2.24) is 14.9 Å². The lowest BCUT2D eigenvalue weighted by atomic mass is 10.2. The number of nitrogens with zero attached hydrogens (tertiary/aromatic N) is 3. The fourth-order valence-corrected chi connectivity index (χ4v) is 2.36. The molecule has 0 atom stereocenters. The Morgan fingerprint density at radius 2 is 2.05 bits per heavy atom. The summed E-state index contributed by atoms with van der Waals surface area (Å²) in [7, 11) is 0. The molecule has 1 saturated heterocycles. The van der Waals surface area contributed by atoms with E-state index in [1.54, 1.807) is 0 Å². The molecule has 7 nitrogen and oxygen atoms in total. The van der Waals surface area contributed by atoms with Gasteiger partial charge in [-0.2, -0.15) is 0 Å². The maximum Gasteiger partial charge on any atom is 0.148 e. The van der Waals surface area contributed by atoms with Crippen molar-refractivity contribution < 1.29 is 4.74 Å². The lowest BCUT2D eigenvalue weighted by Gasteiger charge is -2.26. The summed E-state index contributed by atoms with van der Waals surface area (Å²) < 4.78 is 5.34. The van der Waals surface area contributed by atoms with Crippen LogP contribution < -0.4 is 16.6 Å². The van der Waals surface area contributed by atoms with Crippen LogP contribution in [0.4, 0.5) is 11.6 Å². The van der Waals surface area contributed by atoms with E-state index < -0.39 is 0 Å². The van der Waals surface area contributed by atoms with Gasteiger partial charge in [0.05, 0.1) is 13.2 Å². The van der Waals surface area contributed by atoms with Crippen LogP contribution in [0.1, 0.15) is 18.9 Å². The second kappa shape index (κ2) is 7.98. The van der Waals surface area contributed by atoms with Crippen LogP contribution in [0.2, 0.25) is 0 Å². The predicted molar refractivity (Wildman–Crippen MR) is 79.6 cm³/mol. The number of ether oxygens (including phenoxy) is 1. The minimum Gasteiger partial charge on any atom is -0.379 e. The number of aromatic nitrogens is 2. The lowest BCUT2D eigenvalue weighted by Crippen LogP contribution is -2.37. The highest BCUT2D eigenvalue weighted by Crippen LogP contribution is 2.19. The first-order chi connectivity index (χ1) is 9.85. The number of hydrogen-bond acceptors (Lipinski definition) is 7. The molecule has 0 saturated carbocycles. The summed E-state index contributed by atoms with van der Waals surface area (Å²) in [4.78, 5) is 10.8. The molecule has 0 amide bonds. The molecular formula is C13H24N6O. The zero-order valence-electron chi connectivity index (χ0n) is 12.1. The number of anilines is 2. The molecule has 2 heterocycles. The molecule has 0 bridgehead atoms. The van der Waals surface area contributed by atoms with Crippen LogP contribution in [0.25, 0.3) is 0 Å². The highest BCUT2D eigenvalue weighted by atomic mass is 16.5. The number of hydrogen-bond donors (Lipinski definition) is 3. The van der Waals surface area contributed by atoms with E-state index in [4.69, 9.17) is 10.6 Å². The Kier molecular flexibility index (Phi) is 5.97. The molecule has 7 heteroatoms. The molecule has 2 rings (SSSR count). The molecule has 4 N–H and O–H groups in total. The predicted octanol–water partition coefficient (Wildman–Crippen LogP) is 0.459. The van der Waals surface area contributed by atoms with Gasteiger partial charge >= 0.3 is 0 Å². The van der Waals surface area contributed by atoms with Crippen molar-refractivity contribution in [2.45, 2.75) is 19.8 Å². The maximum atomic E-state index is 5.46. The van der Waals surface area contributed by atoms with E-state index >= 15 is 0 Å². The first-order valence-electron chi connectivity index (χ1n) is 7.19. The second-order valence-corrected chi connectivity index (χ2v) is 4.78. The van der Waals surface area contributed by atoms with Crippen molar-refractivity contribution in [3.63, 3.8) is 0 Å². The van der Waals surface area contributed by atoms with Gasteiger partial charge in [-0.15, -0.1) is 0 Å². The standard InChI is InChI=1S/C13H24N6O/c1-2-11-12(16-10-17-13(11)18-14)15-4-3-5-19-6-8-20-9-7-19/h10H,2-9,14H2,1H3,(H2,15,16,17,18). The van der Waals surface area contributed by atoms with Gasteiger partial charge in [0.15, 0.2) is 0 Å². The van der Waals surface area contributed by atoms with Crippen molar-refractivity contribution in [2.75, 3.05) is 50.1 Å².